The number of carbonyl (C=O) groups is 2. The fourth-order valence-electron chi connectivity index (χ4n) is 5.22. The Bertz CT molecular complexity index is 925. The van der Waals surface area contributed by atoms with Gasteiger partial charge in [0, 0.05) is 52.0 Å². The molecule has 1 N–H and O–H groups in total. The van der Waals surface area contributed by atoms with Crippen LogP contribution in [0.25, 0.3) is 0 Å². The fourth-order valence-corrected chi connectivity index (χ4v) is 5.22. The van der Waals surface area contributed by atoms with Crippen LogP contribution < -0.4 is 15.1 Å². The minimum Gasteiger partial charge on any atom is -0.351 e. The van der Waals surface area contributed by atoms with Gasteiger partial charge in [-0.1, -0.05) is 0 Å². The first-order valence-corrected chi connectivity index (χ1v) is 11.6. The molecule has 1 saturated heterocycles. The maximum atomic E-state index is 13.3. The number of halogens is 2. The molecule has 4 heterocycles. The molecule has 3 aliphatic heterocycles. The smallest absolute Gasteiger partial charge is 0.251 e. The molecule has 1 saturated carbocycles. The lowest BCUT2D eigenvalue weighted by Gasteiger charge is -2.42. The third kappa shape index (κ3) is 3.77. The first-order valence-electron chi connectivity index (χ1n) is 11.6. The summed E-state index contributed by atoms with van der Waals surface area (Å²) < 4.78 is 26.6. The number of carbonyl (C=O) groups excluding carboxylic acids is 2. The maximum absolute atomic E-state index is 13.3. The predicted molar refractivity (Wildman–Crippen MR) is 116 cm³/mol. The zero-order valence-corrected chi connectivity index (χ0v) is 18.6. The molecule has 2 amide bonds. The number of piperidine rings is 1. The summed E-state index contributed by atoms with van der Waals surface area (Å²) in [7, 11) is 1.89. The van der Waals surface area contributed by atoms with Gasteiger partial charge in [-0.2, -0.15) is 4.98 Å². The monoisotopic (exact) mass is 448 g/mol. The van der Waals surface area contributed by atoms with Crippen LogP contribution in [0.4, 0.5) is 26.2 Å². The van der Waals surface area contributed by atoms with Gasteiger partial charge < -0.3 is 20.0 Å². The van der Waals surface area contributed by atoms with E-state index in [9.17, 15) is 18.4 Å². The van der Waals surface area contributed by atoms with Crippen molar-refractivity contribution in [3.05, 3.63) is 5.69 Å². The van der Waals surface area contributed by atoms with E-state index < -0.39 is 5.92 Å². The number of aromatic nitrogens is 2. The van der Waals surface area contributed by atoms with Crippen LogP contribution in [0, 0.1) is 5.92 Å². The number of alkyl halides is 2. The Kier molecular flexibility index (Phi) is 5.21. The largest absolute Gasteiger partial charge is 0.351 e. The van der Waals surface area contributed by atoms with E-state index in [1.807, 2.05) is 23.8 Å². The van der Waals surface area contributed by atoms with Gasteiger partial charge in [-0.05, 0) is 38.5 Å². The summed E-state index contributed by atoms with van der Waals surface area (Å²) in [5, 5.41) is 3.41. The van der Waals surface area contributed by atoms with Gasteiger partial charge in [0.2, 0.25) is 17.8 Å². The van der Waals surface area contributed by atoms with Crippen molar-refractivity contribution in [3.8, 4) is 0 Å². The number of amides is 2. The molecule has 2 fully saturated rings. The predicted octanol–water partition coefficient (Wildman–Crippen LogP) is 2.43. The summed E-state index contributed by atoms with van der Waals surface area (Å²) >= 11 is 0. The van der Waals surface area contributed by atoms with Crippen LogP contribution >= 0.6 is 0 Å². The quantitative estimate of drug-likeness (QED) is 0.762. The number of likely N-dealkylation sites (N-methyl/N-ethyl adjacent to an activating group) is 1. The molecule has 8 nitrogen and oxygen atoms in total. The molecule has 0 aromatic carbocycles. The SMILES string of the molecule is C[C@H]1C(=O)N2CCCc3nc(N[C@H]4C[C@H](CC(=O)N5CCC(F)(F)CC5)C4)nc(c32)N1C. The zero-order valence-electron chi connectivity index (χ0n) is 18.6. The molecule has 1 aromatic heterocycles. The molecule has 10 heteroatoms. The second kappa shape index (κ2) is 7.81. The van der Waals surface area contributed by atoms with Crippen molar-refractivity contribution in [2.45, 2.75) is 69.9 Å². The molecule has 1 aliphatic carbocycles. The van der Waals surface area contributed by atoms with E-state index in [1.54, 1.807) is 4.90 Å². The number of hydrogen-bond acceptors (Lipinski definition) is 6. The van der Waals surface area contributed by atoms with E-state index in [2.05, 4.69) is 5.32 Å². The summed E-state index contributed by atoms with van der Waals surface area (Å²) in [5.74, 6) is -0.936. The van der Waals surface area contributed by atoms with E-state index in [0.29, 0.717) is 18.9 Å². The average Bonchev–Trinajstić information content (AvgIpc) is 2.74. The van der Waals surface area contributed by atoms with Gasteiger partial charge in [0.15, 0.2) is 5.82 Å². The number of nitrogens with one attached hydrogen (secondary N) is 1. The van der Waals surface area contributed by atoms with Crippen LogP contribution in [-0.2, 0) is 16.0 Å². The molecule has 0 radical (unpaired) electrons. The average molecular weight is 449 g/mol. The summed E-state index contributed by atoms with van der Waals surface area (Å²) in [6, 6.07) is -0.0681. The first-order chi connectivity index (χ1) is 15.2. The van der Waals surface area contributed by atoms with Crippen molar-refractivity contribution in [3.63, 3.8) is 0 Å². The van der Waals surface area contributed by atoms with Crippen LogP contribution in [0.3, 0.4) is 0 Å². The van der Waals surface area contributed by atoms with E-state index >= 15 is 0 Å². The van der Waals surface area contributed by atoms with Crippen molar-refractivity contribution in [2.24, 2.45) is 5.92 Å². The van der Waals surface area contributed by atoms with Crippen molar-refractivity contribution in [2.75, 3.05) is 41.8 Å². The fraction of sp³-hybridized carbons (Fsp3) is 0.727. The van der Waals surface area contributed by atoms with E-state index in [-0.39, 0.29) is 55.7 Å². The third-order valence-corrected chi connectivity index (χ3v) is 7.42. The van der Waals surface area contributed by atoms with Gasteiger partial charge in [-0.3, -0.25) is 9.59 Å². The Morgan fingerprint density at radius 1 is 1.19 bits per heavy atom. The van der Waals surface area contributed by atoms with Crippen LogP contribution in [0.1, 0.15) is 51.1 Å². The van der Waals surface area contributed by atoms with Gasteiger partial charge >= 0.3 is 0 Å². The van der Waals surface area contributed by atoms with Crippen molar-refractivity contribution >= 4 is 29.3 Å². The lowest BCUT2D eigenvalue weighted by Crippen LogP contribution is -2.53. The van der Waals surface area contributed by atoms with Crippen molar-refractivity contribution < 1.29 is 18.4 Å². The first kappa shape index (κ1) is 21.3. The lowest BCUT2D eigenvalue weighted by molar-refractivity contribution is -0.138. The standard InChI is InChI=1S/C22H30F2N6O2/c1-13-20(32)30-7-3-4-16-18(30)19(28(13)2)27-21(26-16)25-15-10-14(11-15)12-17(31)29-8-5-22(23,24)6-9-29/h13-15H,3-12H2,1-2H3,(H,25,26,27)/t13-,14-,15-/m0/s1. The molecule has 5 rings (SSSR count). The van der Waals surface area contributed by atoms with Gasteiger partial charge in [0.05, 0.1) is 5.69 Å². The van der Waals surface area contributed by atoms with Crippen LogP contribution in [-0.4, -0.2) is 71.4 Å². The molecule has 1 aromatic rings. The molecular formula is C22H30F2N6O2. The molecule has 0 unspecified atom stereocenters. The minimum absolute atomic E-state index is 0.0150. The van der Waals surface area contributed by atoms with E-state index in [4.69, 9.17) is 9.97 Å². The second-order valence-corrected chi connectivity index (χ2v) is 9.67. The number of anilines is 3. The maximum Gasteiger partial charge on any atom is 0.251 e. The highest BCUT2D eigenvalue weighted by atomic mass is 19.3. The summed E-state index contributed by atoms with van der Waals surface area (Å²) in [6.07, 6.45) is 3.33. The number of nitrogens with zero attached hydrogens (tertiary/aromatic N) is 5. The molecule has 4 aliphatic rings. The molecular weight excluding hydrogens is 418 g/mol. The van der Waals surface area contributed by atoms with Gasteiger partial charge in [0.25, 0.3) is 5.92 Å². The zero-order chi connectivity index (χ0) is 22.6. The number of hydrogen-bond donors (Lipinski definition) is 1. The molecule has 1 atom stereocenters. The van der Waals surface area contributed by atoms with Crippen molar-refractivity contribution in [1.82, 2.24) is 14.9 Å². The normalized spacial score (nSPS) is 28.8. The molecule has 0 spiro atoms. The number of aryl methyl sites for hydroxylation is 1. The van der Waals surface area contributed by atoms with E-state index in [0.717, 1.165) is 42.9 Å². The Hall–Kier alpha value is -2.52. The highest BCUT2D eigenvalue weighted by Crippen LogP contribution is 2.40. The highest BCUT2D eigenvalue weighted by Gasteiger charge is 2.40. The van der Waals surface area contributed by atoms with Gasteiger partial charge in [-0.25, -0.2) is 13.8 Å². The highest BCUT2D eigenvalue weighted by molar-refractivity contribution is 6.05. The van der Waals surface area contributed by atoms with Crippen LogP contribution in [0.15, 0.2) is 0 Å². The molecule has 174 valence electrons. The number of rotatable bonds is 4. The molecule has 32 heavy (non-hydrogen) atoms. The van der Waals surface area contributed by atoms with Gasteiger partial charge in [0.1, 0.15) is 11.7 Å². The van der Waals surface area contributed by atoms with E-state index in [1.165, 1.54) is 0 Å². The second-order valence-electron chi connectivity index (χ2n) is 9.67. The Morgan fingerprint density at radius 3 is 2.62 bits per heavy atom. The van der Waals surface area contributed by atoms with Crippen LogP contribution in [0.5, 0.6) is 0 Å². The lowest BCUT2D eigenvalue weighted by atomic mass is 9.78. The Morgan fingerprint density at radius 2 is 1.91 bits per heavy atom. The minimum atomic E-state index is -2.63. The summed E-state index contributed by atoms with van der Waals surface area (Å²) in [5.41, 5.74) is 1.75. The Balaban J connectivity index is 1.19. The van der Waals surface area contributed by atoms with Crippen molar-refractivity contribution in [1.29, 1.82) is 0 Å². The van der Waals surface area contributed by atoms with Gasteiger partial charge in [-0.15, -0.1) is 0 Å². The summed E-state index contributed by atoms with van der Waals surface area (Å²) in [6.45, 7) is 2.90. The van der Waals surface area contributed by atoms with Crippen LogP contribution in [0.2, 0.25) is 0 Å². The topological polar surface area (TPSA) is 81.7 Å². The number of likely N-dealkylation sites (tertiary alicyclic amines) is 1. The Labute approximate surface area is 186 Å². The molecule has 0 bridgehead atoms. The summed E-state index contributed by atoms with van der Waals surface area (Å²) in [4.78, 5) is 39.9. The third-order valence-electron chi connectivity index (χ3n) is 7.42.